The van der Waals surface area contributed by atoms with Gasteiger partial charge < -0.3 is 23.7 Å². The Morgan fingerprint density at radius 1 is 1.04 bits per heavy atom. The highest BCUT2D eigenvalue weighted by molar-refractivity contribution is 5.67. The predicted molar refractivity (Wildman–Crippen MR) is 92.8 cm³/mol. The summed E-state index contributed by atoms with van der Waals surface area (Å²) in [5.74, 6) is -0.987. The molecular weight excluding hydrogens is 356 g/mol. The van der Waals surface area contributed by atoms with Gasteiger partial charge in [-0.05, 0) is 18.6 Å². The highest BCUT2D eigenvalue weighted by Gasteiger charge is 2.44. The van der Waals surface area contributed by atoms with Crippen LogP contribution < -0.4 is 4.74 Å². The Balaban J connectivity index is 2.22. The lowest BCUT2D eigenvalue weighted by atomic mass is 10.0. The maximum atomic E-state index is 11.5. The highest BCUT2D eigenvalue weighted by Crippen LogP contribution is 2.29. The molecule has 0 aromatic heterocycles. The lowest BCUT2D eigenvalue weighted by Gasteiger charge is -2.40. The zero-order valence-electron chi connectivity index (χ0n) is 15.8. The minimum absolute atomic E-state index is 0.155. The molecule has 0 bridgehead atoms. The van der Waals surface area contributed by atoms with Crippen LogP contribution in [0.25, 0.3) is 0 Å². The van der Waals surface area contributed by atoms with Crippen LogP contribution in [-0.2, 0) is 33.3 Å². The van der Waals surface area contributed by atoms with E-state index in [0.717, 1.165) is 5.56 Å². The summed E-state index contributed by atoms with van der Waals surface area (Å²) in [5, 5.41) is 0. The van der Waals surface area contributed by atoms with Gasteiger partial charge >= 0.3 is 17.9 Å². The molecule has 2 rings (SSSR count). The van der Waals surface area contributed by atoms with Crippen molar-refractivity contribution >= 4 is 17.9 Å². The molecule has 1 aliphatic rings. The number of rotatable bonds is 6. The molecule has 0 saturated carbocycles. The number of carbonyl (C=O) groups is 3. The van der Waals surface area contributed by atoms with Gasteiger partial charge in [0.25, 0.3) is 0 Å². The van der Waals surface area contributed by atoms with Gasteiger partial charge in [0.2, 0.25) is 6.29 Å². The molecule has 0 aliphatic carbocycles. The highest BCUT2D eigenvalue weighted by atomic mass is 16.7. The summed E-state index contributed by atoms with van der Waals surface area (Å²) in [6, 6.07) is 7.39. The molecular formula is C19H24O8. The van der Waals surface area contributed by atoms with Crippen LogP contribution in [0.2, 0.25) is 0 Å². The van der Waals surface area contributed by atoms with Crippen LogP contribution in [-0.4, -0.2) is 49.1 Å². The van der Waals surface area contributed by atoms with Crippen LogP contribution in [0.15, 0.2) is 24.3 Å². The Morgan fingerprint density at radius 3 is 2.30 bits per heavy atom. The lowest BCUT2D eigenvalue weighted by molar-refractivity contribution is -0.245. The molecule has 27 heavy (non-hydrogen) atoms. The van der Waals surface area contributed by atoms with E-state index >= 15 is 0 Å². The molecule has 1 saturated heterocycles. The number of hydrogen-bond donors (Lipinski definition) is 0. The standard InChI is InChI=1S/C19H24O8/c1-11-7-5-6-8-15(11)26-18-9-16(24-13(3)21)19(25-14(4)22)17(27-18)10-23-12(2)20/h5-8,16-19H,9-10H2,1-4H3/t16-,17-,18-,19-/m1/s1. The minimum Gasteiger partial charge on any atom is -0.465 e. The number of esters is 3. The molecule has 4 atom stereocenters. The van der Waals surface area contributed by atoms with Crippen molar-refractivity contribution in [2.75, 3.05) is 6.61 Å². The van der Waals surface area contributed by atoms with Crippen LogP contribution >= 0.6 is 0 Å². The molecule has 1 heterocycles. The fourth-order valence-electron chi connectivity index (χ4n) is 2.80. The number of benzene rings is 1. The number of carbonyl (C=O) groups excluding carboxylic acids is 3. The first-order chi connectivity index (χ1) is 12.8. The monoisotopic (exact) mass is 380 g/mol. The van der Waals surface area contributed by atoms with Crippen molar-refractivity contribution in [2.45, 2.75) is 58.7 Å². The van der Waals surface area contributed by atoms with Crippen LogP contribution in [0.5, 0.6) is 5.75 Å². The smallest absolute Gasteiger partial charge is 0.303 e. The summed E-state index contributed by atoms with van der Waals surface area (Å²) in [7, 11) is 0. The van der Waals surface area contributed by atoms with E-state index < -0.39 is 42.5 Å². The zero-order valence-corrected chi connectivity index (χ0v) is 15.8. The number of para-hydroxylation sites is 1. The maximum absolute atomic E-state index is 11.5. The van der Waals surface area contributed by atoms with Crippen LogP contribution in [0.4, 0.5) is 0 Å². The number of aryl methyl sites for hydroxylation is 1. The van der Waals surface area contributed by atoms with Crippen molar-refractivity contribution in [3.05, 3.63) is 29.8 Å². The van der Waals surface area contributed by atoms with Crippen LogP contribution in [0.1, 0.15) is 32.8 Å². The molecule has 1 fully saturated rings. The zero-order chi connectivity index (χ0) is 20.0. The van der Waals surface area contributed by atoms with Crippen molar-refractivity contribution in [2.24, 2.45) is 0 Å². The summed E-state index contributed by atoms with van der Waals surface area (Å²) in [5.41, 5.74) is 0.906. The third kappa shape index (κ3) is 6.25. The topological polar surface area (TPSA) is 97.4 Å². The summed E-state index contributed by atoms with van der Waals surface area (Å²) in [6.45, 7) is 5.48. The van der Waals surface area contributed by atoms with Gasteiger partial charge in [-0.3, -0.25) is 14.4 Å². The molecule has 148 valence electrons. The fraction of sp³-hybridized carbons (Fsp3) is 0.526. The van der Waals surface area contributed by atoms with E-state index in [0.29, 0.717) is 5.75 Å². The summed E-state index contributed by atoms with van der Waals surface area (Å²) in [6.07, 6.45) is -3.17. The van der Waals surface area contributed by atoms with Gasteiger partial charge in [0.15, 0.2) is 6.10 Å². The first-order valence-electron chi connectivity index (χ1n) is 8.61. The molecule has 1 aromatic carbocycles. The normalized spacial score (nSPS) is 24.6. The Morgan fingerprint density at radius 2 is 1.70 bits per heavy atom. The van der Waals surface area contributed by atoms with E-state index in [9.17, 15) is 14.4 Å². The second kappa shape index (κ2) is 9.36. The van der Waals surface area contributed by atoms with E-state index in [1.807, 2.05) is 25.1 Å². The predicted octanol–water partition coefficient (Wildman–Crippen LogP) is 1.92. The maximum Gasteiger partial charge on any atom is 0.303 e. The third-order valence-corrected chi connectivity index (χ3v) is 3.91. The lowest BCUT2D eigenvalue weighted by Crippen LogP contribution is -2.54. The third-order valence-electron chi connectivity index (χ3n) is 3.91. The van der Waals surface area contributed by atoms with Crippen LogP contribution in [0.3, 0.4) is 0 Å². The Hall–Kier alpha value is -2.61. The number of hydrogen-bond acceptors (Lipinski definition) is 8. The minimum atomic E-state index is -0.914. The average molecular weight is 380 g/mol. The van der Waals surface area contributed by atoms with Crippen LogP contribution in [0, 0.1) is 6.92 Å². The molecule has 8 heteroatoms. The van der Waals surface area contributed by atoms with Gasteiger partial charge in [-0.15, -0.1) is 0 Å². The van der Waals surface area contributed by atoms with Crippen molar-refractivity contribution < 1.29 is 38.1 Å². The first kappa shape index (κ1) is 20.7. The second-order valence-corrected chi connectivity index (χ2v) is 6.25. The summed E-state index contributed by atoms with van der Waals surface area (Å²) in [4.78, 5) is 34.2. The molecule has 0 N–H and O–H groups in total. The van der Waals surface area contributed by atoms with Crippen molar-refractivity contribution in [3.8, 4) is 5.75 Å². The van der Waals surface area contributed by atoms with Gasteiger partial charge in [-0.1, -0.05) is 18.2 Å². The molecule has 1 aliphatic heterocycles. The van der Waals surface area contributed by atoms with Gasteiger partial charge in [0.05, 0.1) is 6.42 Å². The first-order valence-corrected chi connectivity index (χ1v) is 8.61. The van der Waals surface area contributed by atoms with E-state index in [2.05, 4.69) is 0 Å². The molecule has 8 nitrogen and oxygen atoms in total. The van der Waals surface area contributed by atoms with Gasteiger partial charge in [0.1, 0.15) is 24.6 Å². The number of ether oxygens (including phenoxy) is 5. The molecule has 0 amide bonds. The molecule has 0 unspecified atom stereocenters. The largest absolute Gasteiger partial charge is 0.465 e. The molecule has 1 aromatic rings. The van der Waals surface area contributed by atoms with E-state index in [-0.39, 0.29) is 13.0 Å². The quantitative estimate of drug-likeness (QED) is 0.545. The van der Waals surface area contributed by atoms with E-state index in [4.69, 9.17) is 23.7 Å². The fourth-order valence-corrected chi connectivity index (χ4v) is 2.80. The van der Waals surface area contributed by atoms with E-state index in [1.165, 1.54) is 20.8 Å². The second-order valence-electron chi connectivity index (χ2n) is 6.25. The van der Waals surface area contributed by atoms with Crippen molar-refractivity contribution in [3.63, 3.8) is 0 Å². The molecule has 0 radical (unpaired) electrons. The average Bonchev–Trinajstić information content (AvgIpc) is 2.56. The van der Waals surface area contributed by atoms with E-state index in [1.54, 1.807) is 6.07 Å². The summed E-state index contributed by atoms with van der Waals surface area (Å²) >= 11 is 0. The van der Waals surface area contributed by atoms with Gasteiger partial charge in [0, 0.05) is 20.8 Å². The van der Waals surface area contributed by atoms with Gasteiger partial charge in [-0.2, -0.15) is 0 Å². The Labute approximate surface area is 157 Å². The van der Waals surface area contributed by atoms with Crippen molar-refractivity contribution in [1.82, 2.24) is 0 Å². The van der Waals surface area contributed by atoms with Gasteiger partial charge in [-0.25, -0.2) is 0 Å². The SMILES string of the molecule is CC(=O)OC[C@H]1O[C@@H](Oc2ccccc2C)C[C@@H](OC(C)=O)[C@H]1OC(C)=O. The summed E-state index contributed by atoms with van der Waals surface area (Å²) < 4.78 is 27.4. The Bertz CT molecular complexity index is 686. The molecule has 0 spiro atoms. The van der Waals surface area contributed by atoms with Crippen molar-refractivity contribution in [1.29, 1.82) is 0 Å². The Kier molecular flexibility index (Phi) is 7.18.